The molecule has 2 heteroatoms. The van der Waals surface area contributed by atoms with Gasteiger partial charge in [0.25, 0.3) is 0 Å². The molecule has 25 heavy (non-hydrogen) atoms. The Hall–Kier alpha value is 0.604. The fraction of sp³-hybridized carbons (Fsp3) is 0.913. The molecule has 0 spiro atoms. The number of allylic oxidation sites excluding steroid dienone is 1. The Morgan fingerprint density at radius 1 is 0.800 bits per heavy atom. The summed E-state index contributed by atoms with van der Waals surface area (Å²) in [6.45, 7) is 3.32. The fourth-order valence-corrected chi connectivity index (χ4v) is 12.0. The first-order valence-corrected chi connectivity index (χ1v) is 21.7. The second-order valence-corrected chi connectivity index (χ2v) is 24.6. The Morgan fingerprint density at radius 2 is 1.32 bits per heavy atom. The van der Waals surface area contributed by atoms with Gasteiger partial charge in [0, 0.05) is 0 Å². The van der Waals surface area contributed by atoms with E-state index in [4.69, 9.17) is 0 Å². The van der Waals surface area contributed by atoms with Gasteiger partial charge in [-0.25, -0.2) is 0 Å². The summed E-state index contributed by atoms with van der Waals surface area (Å²) in [5.74, 6) is 2.07. The minimum atomic E-state index is -2.03. The quantitative estimate of drug-likeness (QED) is 0.244. The van der Waals surface area contributed by atoms with E-state index in [-0.39, 0.29) is 0 Å². The molecule has 0 saturated heterocycles. The number of hydrogen-bond donors (Lipinski definition) is 0. The molecular weight excluding hydrogens is 406 g/mol. The first-order valence-electron chi connectivity index (χ1n) is 11.7. The summed E-state index contributed by atoms with van der Waals surface area (Å²) in [6.07, 6.45) is 25.1. The number of hydrogen-bond acceptors (Lipinski definition) is 0. The van der Waals surface area contributed by atoms with Crippen LogP contribution in [0, 0.1) is 0 Å². The molecule has 0 aromatic carbocycles. The molecule has 0 N–H and O–H groups in total. The topological polar surface area (TPSA) is 0 Å². The first-order chi connectivity index (χ1) is 12.0. The third-order valence-electron chi connectivity index (χ3n) is 6.96. The molecule has 2 fully saturated rings. The van der Waals surface area contributed by atoms with E-state index in [1.54, 1.807) is 0 Å². The van der Waals surface area contributed by atoms with Crippen LogP contribution in [0.2, 0.25) is 26.5 Å². The van der Waals surface area contributed by atoms with Crippen molar-refractivity contribution in [3.05, 3.63) is 9.56 Å². The van der Waals surface area contributed by atoms with E-state index in [1.165, 1.54) is 96.3 Å². The standard InChI is InChI=1S/C20H36B.3CH3.Sn/c1-2-3-4-5-6-13-18-21(19-14-9-7-10-15-19)20-16-11-8-12-17-20;;;;/h13,19-20H,2-12,14-17H2,1H3;3*1H3;. The van der Waals surface area contributed by atoms with E-state index >= 15 is 0 Å². The van der Waals surface area contributed by atoms with E-state index in [2.05, 4.69) is 31.3 Å². The van der Waals surface area contributed by atoms with Crippen LogP contribution in [0.4, 0.5) is 0 Å². The fourth-order valence-electron chi connectivity index (χ4n) is 5.65. The van der Waals surface area contributed by atoms with Crippen molar-refractivity contribution in [3.8, 4) is 0 Å². The van der Waals surface area contributed by atoms with Crippen LogP contribution in [0.1, 0.15) is 103 Å². The molecule has 0 aliphatic heterocycles. The average Bonchev–Trinajstić information content (AvgIpc) is 2.61. The molecule has 0 heterocycles. The second kappa shape index (κ2) is 11.4. The summed E-state index contributed by atoms with van der Waals surface area (Å²) < 4.78 is 2.06. The van der Waals surface area contributed by atoms with Gasteiger partial charge in [-0.3, -0.25) is 0 Å². The maximum absolute atomic E-state index is 2.82. The molecule has 0 radical (unpaired) electrons. The number of unbranched alkanes of at least 4 members (excludes halogenated alkanes) is 4. The van der Waals surface area contributed by atoms with Crippen molar-refractivity contribution in [1.29, 1.82) is 0 Å². The van der Waals surface area contributed by atoms with Gasteiger partial charge < -0.3 is 0 Å². The molecule has 0 nitrogen and oxygen atoms in total. The molecule has 2 saturated carbocycles. The summed E-state index contributed by atoms with van der Waals surface area (Å²) in [5, 5.41) is 0. The predicted molar refractivity (Wildman–Crippen MR) is 120 cm³/mol. The Kier molecular flexibility index (Phi) is 10.0. The van der Waals surface area contributed by atoms with Gasteiger partial charge in [-0.1, -0.05) is 0 Å². The van der Waals surface area contributed by atoms with Crippen LogP contribution in [-0.2, 0) is 0 Å². The summed E-state index contributed by atoms with van der Waals surface area (Å²) in [7, 11) is 0. The Labute approximate surface area is 164 Å². The van der Waals surface area contributed by atoms with Crippen molar-refractivity contribution in [2.45, 2.75) is 130 Å². The van der Waals surface area contributed by atoms with Crippen LogP contribution in [0.15, 0.2) is 9.56 Å². The summed E-state index contributed by atoms with van der Waals surface area (Å²) in [5.41, 5.74) is 0. The molecule has 0 aromatic heterocycles. The Bertz CT molecular complexity index is 365. The molecule has 144 valence electrons. The van der Waals surface area contributed by atoms with Gasteiger partial charge in [0.05, 0.1) is 0 Å². The van der Waals surface area contributed by atoms with Gasteiger partial charge in [0.15, 0.2) is 0 Å². The molecule has 0 aromatic rings. The molecule has 2 aliphatic carbocycles. The minimum absolute atomic E-state index is 0.988. The first kappa shape index (κ1) is 21.9. The number of rotatable bonds is 9. The van der Waals surface area contributed by atoms with Gasteiger partial charge in [0.2, 0.25) is 0 Å². The molecular formula is C23H45BSn. The van der Waals surface area contributed by atoms with Gasteiger partial charge in [-0.15, -0.1) is 0 Å². The van der Waals surface area contributed by atoms with Crippen LogP contribution < -0.4 is 0 Å². The van der Waals surface area contributed by atoms with Crippen molar-refractivity contribution in [3.63, 3.8) is 0 Å². The average molecular weight is 451 g/mol. The van der Waals surface area contributed by atoms with Crippen molar-refractivity contribution in [1.82, 2.24) is 0 Å². The molecule has 2 rings (SSSR count). The monoisotopic (exact) mass is 452 g/mol. The zero-order valence-electron chi connectivity index (χ0n) is 17.9. The van der Waals surface area contributed by atoms with Crippen LogP contribution in [0.5, 0.6) is 0 Å². The van der Waals surface area contributed by atoms with Gasteiger partial charge in [-0.2, -0.15) is 0 Å². The molecule has 0 unspecified atom stereocenters. The SMILES string of the molecule is CCCCCC/C=[C](/B(C1CCCCC1)C1CCCCC1)[Sn]([CH3])([CH3])[CH3]. The van der Waals surface area contributed by atoms with E-state index in [0.717, 1.165) is 18.3 Å². The third kappa shape index (κ3) is 7.26. The summed E-state index contributed by atoms with van der Waals surface area (Å²) in [4.78, 5) is 8.10. The van der Waals surface area contributed by atoms with Gasteiger partial charge in [-0.05, 0) is 0 Å². The predicted octanol–water partition coefficient (Wildman–Crippen LogP) is 8.46. The summed E-state index contributed by atoms with van der Waals surface area (Å²) >= 11 is -2.03. The summed E-state index contributed by atoms with van der Waals surface area (Å²) in [6, 6.07) is 0. The van der Waals surface area contributed by atoms with Crippen LogP contribution in [-0.4, -0.2) is 25.1 Å². The Morgan fingerprint density at radius 3 is 1.76 bits per heavy atom. The van der Waals surface area contributed by atoms with Crippen molar-refractivity contribution < 1.29 is 0 Å². The maximum atomic E-state index is 2.82. The van der Waals surface area contributed by atoms with Crippen molar-refractivity contribution in [2.75, 3.05) is 0 Å². The van der Waals surface area contributed by atoms with E-state index in [9.17, 15) is 0 Å². The zero-order chi connectivity index (χ0) is 18.1. The van der Waals surface area contributed by atoms with E-state index < -0.39 is 18.4 Å². The molecule has 2 aliphatic rings. The van der Waals surface area contributed by atoms with Crippen molar-refractivity contribution >= 4 is 25.1 Å². The normalized spacial score (nSPS) is 21.5. The van der Waals surface area contributed by atoms with E-state index in [0.29, 0.717) is 0 Å². The zero-order valence-corrected chi connectivity index (χ0v) is 20.8. The van der Waals surface area contributed by atoms with Crippen LogP contribution >= 0.6 is 0 Å². The molecule has 0 bridgehead atoms. The Balaban J connectivity index is 2.16. The molecule has 0 atom stereocenters. The van der Waals surface area contributed by atoms with E-state index in [1.807, 2.05) is 0 Å². The van der Waals surface area contributed by atoms with Crippen LogP contribution in [0.25, 0.3) is 0 Å². The van der Waals surface area contributed by atoms with Crippen LogP contribution in [0.3, 0.4) is 0 Å². The molecule has 0 amide bonds. The van der Waals surface area contributed by atoms with Gasteiger partial charge >= 0.3 is 164 Å². The third-order valence-corrected chi connectivity index (χ3v) is 13.4. The van der Waals surface area contributed by atoms with Gasteiger partial charge in [0.1, 0.15) is 0 Å². The van der Waals surface area contributed by atoms with Crippen molar-refractivity contribution in [2.24, 2.45) is 0 Å². The second-order valence-electron chi connectivity index (χ2n) is 10.1.